The first-order chi connectivity index (χ1) is 14.2. The fraction of sp³-hybridized carbons (Fsp3) is 0.583. The normalized spacial score (nSPS) is 25.2. The van der Waals surface area contributed by atoms with Crippen molar-refractivity contribution in [3.63, 3.8) is 0 Å². The maximum absolute atomic E-state index is 13.2. The van der Waals surface area contributed by atoms with Crippen molar-refractivity contribution in [2.45, 2.75) is 44.1 Å². The van der Waals surface area contributed by atoms with Crippen LogP contribution < -0.4 is 4.90 Å². The Bertz CT molecular complexity index is 818. The van der Waals surface area contributed by atoms with E-state index in [2.05, 4.69) is 26.1 Å². The molecule has 3 nitrogen and oxygen atoms in total. The summed E-state index contributed by atoms with van der Waals surface area (Å²) in [4.78, 5) is 9.52. The number of piperazine rings is 1. The summed E-state index contributed by atoms with van der Waals surface area (Å²) < 4.78 is 13.2. The van der Waals surface area contributed by atoms with Gasteiger partial charge >= 0.3 is 0 Å². The van der Waals surface area contributed by atoms with E-state index in [4.69, 9.17) is 0 Å². The molecule has 3 heterocycles. The molecule has 1 unspecified atom stereocenters. The van der Waals surface area contributed by atoms with Crippen LogP contribution in [0.5, 0.6) is 0 Å². The van der Waals surface area contributed by atoms with Crippen molar-refractivity contribution in [2.75, 3.05) is 50.7 Å². The molecule has 0 N–H and O–H groups in total. The van der Waals surface area contributed by atoms with Gasteiger partial charge in [0, 0.05) is 61.8 Å². The molecule has 1 aromatic carbocycles. The van der Waals surface area contributed by atoms with Gasteiger partial charge in [0.2, 0.25) is 0 Å². The number of likely N-dealkylation sites (tertiary alicyclic amines) is 1. The molecule has 2 fully saturated rings. The molecule has 0 radical (unpaired) electrons. The average molecular weight is 450 g/mol. The number of benzene rings is 1. The van der Waals surface area contributed by atoms with Crippen molar-refractivity contribution in [3.05, 3.63) is 52.0 Å². The predicted molar refractivity (Wildman–Crippen MR) is 127 cm³/mol. The molecule has 0 amide bonds. The van der Waals surface area contributed by atoms with Crippen LogP contribution in [0.15, 0.2) is 35.7 Å². The van der Waals surface area contributed by atoms with Gasteiger partial charge in [-0.3, -0.25) is 9.80 Å². The number of aryl methyl sites for hydroxylation is 1. The number of fused-ring (bicyclic) bond motifs is 1. The van der Waals surface area contributed by atoms with Crippen molar-refractivity contribution >= 4 is 29.4 Å². The molecule has 1 atom stereocenters. The van der Waals surface area contributed by atoms with Gasteiger partial charge in [-0.25, -0.2) is 4.39 Å². The van der Waals surface area contributed by atoms with Crippen molar-refractivity contribution < 1.29 is 4.39 Å². The summed E-state index contributed by atoms with van der Waals surface area (Å²) in [6.07, 6.45) is 8.02. The second kappa shape index (κ2) is 9.56. The molecule has 2 aliphatic heterocycles. The van der Waals surface area contributed by atoms with Crippen LogP contribution >= 0.6 is 23.7 Å². The maximum atomic E-state index is 13.2. The van der Waals surface area contributed by atoms with Gasteiger partial charge < -0.3 is 4.90 Å². The van der Waals surface area contributed by atoms with Gasteiger partial charge in [-0.1, -0.05) is 6.42 Å². The van der Waals surface area contributed by atoms with Crippen LogP contribution in [0.3, 0.4) is 0 Å². The Balaban J connectivity index is 0.00000218. The number of nitrogens with zero attached hydrogens (tertiary/aromatic N) is 3. The molecular weight excluding hydrogens is 417 g/mol. The van der Waals surface area contributed by atoms with E-state index in [0.717, 1.165) is 31.9 Å². The summed E-state index contributed by atoms with van der Waals surface area (Å²) in [7, 11) is 0. The third-order valence-corrected chi connectivity index (χ3v) is 8.39. The molecule has 30 heavy (non-hydrogen) atoms. The van der Waals surface area contributed by atoms with E-state index in [1.807, 2.05) is 23.5 Å². The molecule has 2 aromatic rings. The molecule has 5 rings (SSSR count). The molecule has 0 bridgehead atoms. The summed E-state index contributed by atoms with van der Waals surface area (Å²) in [5, 5.41) is 2.29. The monoisotopic (exact) mass is 449 g/mol. The van der Waals surface area contributed by atoms with Gasteiger partial charge in [-0.15, -0.1) is 23.7 Å². The molecule has 1 aromatic heterocycles. The van der Waals surface area contributed by atoms with E-state index in [1.54, 1.807) is 22.6 Å². The van der Waals surface area contributed by atoms with Crippen LogP contribution in [0, 0.1) is 5.82 Å². The fourth-order valence-electron chi connectivity index (χ4n) is 5.63. The third-order valence-electron chi connectivity index (χ3n) is 7.43. The van der Waals surface area contributed by atoms with E-state index < -0.39 is 0 Å². The Hall–Kier alpha value is -1.14. The lowest BCUT2D eigenvalue weighted by Crippen LogP contribution is -2.57. The molecule has 3 aliphatic rings. The third kappa shape index (κ3) is 4.55. The van der Waals surface area contributed by atoms with E-state index in [0.29, 0.717) is 5.54 Å². The van der Waals surface area contributed by atoms with Gasteiger partial charge in [0.05, 0.1) is 0 Å². The minimum absolute atomic E-state index is 0. The summed E-state index contributed by atoms with van der Waals surface area (Å²) in [6.45, 7) is 7.94. The summed E-state index contributed by atoms with van der Waals surface area (Å²) in [6, 6.07) is 9.30. The number of rotatable bonds is 4. The average Bonchev–Trinajstić information content (AvgIpc) is 3.22. The van der Waals surface area contributed by atoms with Gasteiger partial charge in [0.25, 0.3) is 0 Å². The zero-order valence-electron chi connectivity index (χ0n) is 17.7. The number of hydrogen-bond donors (Lipinski definition) is 0. The van der Waals surface area contributed by atoms with Crippen LogP contribution in [-0.4, -0.2) is 61.2 Å². The first kappa shape index (κ1) is 22.1. The Morgan fingerprint density at radius 3 is 2.50 bits per heavy atom. The molecule has 164 valence electrons. The van der Waals surface area contributed by atoms with Crippen LogP contribution in [0.1, 0.15) is 36.1 Å². The summed E-state index contributed by atoms with van der Waals surface area (Å²) in [5.41, 5.74) is 3.18. The zero-order valence-corrected chi connectivity index (χ0v) is 19.3. The van der Waals surface area contributed by atoms with Gasteiger partial charge in [0.1, 0.15) is 5.82 Å². The lowest BCUT2D eigenvalue weighted by atomic mass is 9.75. The number of piperidine rings is 1. The molecular formula is C24H33ClFN3S. The number of halogens is 2. The Morgan fingerprint density at radius 2 is 1.70 bits per heavy atom. The topological polar surface area (TPSA) is 9.72 Å². The fourth-order valence-corrected chi connectivity index (χ4v) is 6.70. The molecule has 0 saturated carbocycles. The zero-order chi connectivity index (χ0) is 19.7. The molecule has 1 aliphatic carbocycles. The predicted octanol–water partition coefficient (Wildman–Crippen LogP) is 4.84. The van der Waals surface area contributed by atoms with Crippen molar-refractivity contribution in [1.82, 2.24) is 9.80 Å². The maximum Gasteiger partial charge on any atom is 0.123 e. The quantitative estimate of drug-likeness (QED) is 0.660. The SMILES string of the molecule is Cl.Fc1ccc(N2CCN(CCN3CCCCC34CCc3ccsc3C4)CC2)cc1. The number of anilines is 1. The Morgan fingerprint density at radius 1 is 0.900 bits per heavy atom. The van der Waals surface area contributed by atoms with E-state index in [1.165, 1.54) is 58.2 Å². The summed E-state index contributed by atoms with van der Waals surface area (Å²) >= 11 is 1.97. The smallest absolute Gasteiger partial charge is 0.123 e. The second-order valence-electron chi connectivity index (χ2n) is 9.02. The molecule has 2 saturated heterocycles. The van der Waals surface area contributed by atoms with Crippen molar-refractivity contribution in [1.29, 1.82) is 0 Å². The number of hydrogen-bond acceptors (Lipinski definition) is 4. The highest BCUT2D eigenvalue weighted by atomic mass is 35.5. The highest BCUT2D eigenvalue weighted by Gasteiger charge is 2.41. The van der Waals surface area contributed by atoms with Crippen LogP contribution in [-0.2, 0) is 12.8 Å². The minimum atomic E-state index is -0.153. The first-order valence-corrected chi connectivity index (χ1v) is 12.1. The Labute approximate surface area is 190 Å². The van der Waals surface area contributed by atoms with Crippen molar-refractivity contribution in [3.8, 4) is 0 Å². The van der Waals surface area contributed by atoms with E-state index in [9.17, 15) is 4.39 Å². The largest absolute Gasteiger partial charge is 0.369 e. The van der Waals surface area contributed by atoms with Gasteiger partial charge in [0.15, 0.2) is 0 Å². The molecule has 6 heteroatoms. The Kier molecular flexibility index (Phi) is 7.03. The van der Waals surface area contributed by atoms with Gasteiger partial charge in [-0.05, 0) is 73.5 Å². The van der Waals surface area contributed by atoms with E-state index >= 15 is 0 Å². The standard InChI is InChI=1S/C24H32FN3S.ClH/c25-21-3-5-22(6-4-21)27-15-12-26(13-16-27)14-17-28-11-2-1-9-24(28)10-7-20-8-18-29-23(20)19-24;/h3-6,8,18H,1-2,7,9-17,19H2;1H. The van der Waals surface area contributed by atoms with Crippen LogP contribution in [0.4, 0.5) is 10.1 Å². The molecule has 1 spiro atoms. The van der Waals surface area contributed by atoms with E-state index in [-0.39, 0.29) is 18.2 Å². The van der Waals surface area contributed by atoms with Crippen LogP contribution in [0.2, 0.25) is 0 Å². The van der Waals surface area contributed by atoms with Crippen LogP contribution in [0.25, 0.3) is 0 Å². The first-order valence-electron chi connectivity index (χ1n) is 11.3. The lowest BCUT2D eigenvalue weighted by Gasteiger charge is -2.50. The highest BCUT2D eigenvalue weighted by molar-refractivity contribution is 7.10. The van der Waals surface area contributed by atoms with Gasteiger partial charge in [-0.2, -0.15) is 0 Å². The second-order valence-corrected chi connectivity index (χ2v) is 10.0. The van der Waals surface area contributed by atoms with Crippen molar-refractivity contribution in [2.24, 2.45) is 0 Å². The summed E-state index contributed by atoms with van der Waals surface area (Å²) in [5.74, 6) is -0.153. The number of thiophene rings is 1. The highest BCUT2D eigenvalue weighted by Crippen LogP contribution is 2.41. The minimum Gasteiger partial charge on any atom is -0.369 e. The lowest BCUT2D eigenvalue weighted by molar-refractivity contribution is 0.0261.